The van der Waals surface area contributed by atoms with Crippen molar-refractivity contribution in [1.82, 2.24) is 13.7 Å². The highest BCUT2D eigenvalue weighted by Gasteiger charge is 2.24. The van der Waals surface area contributed by atoms with E-state index in [-0.39, 0.29) is 0 Å². The molecule has 1 aliphatic heterocycles. The first-order valence-corrected chi connectivity index (χ1v) is 9.72. The third kappa shape index (κ3) is 3.56. The quantitative estimate of drug-likeness (QED) is 0.577. The Morgan fingerprint density at radius 3 is 2.73 bits per heavy atom. The fourth-order valence-corrected chi connectivity index (χ4v) is 3.83. The number of ketones is 1. The van der Waals surface area contributed by atoms with Crippen LogP contribution in [-0.2, 0) is 17.8 Å². The highest BCUT2D eigenvalue weighted by Crippen LogP contribution is 2.21. The number of nitrogens with zero attached hydrogens (tertiary/aromatic N) is 3. The first kappa shape index (κ1) is 20.1. The maximum absolute atomic E-state index is 14.2. The van der Waals surface area contributed by atoms with Crippen molar-refractivity contribution in [2.75, 3.05) is 6.61 Å². The molecule has 0 aromatic carbocycles. The van der Waals surface area contributed by atoms with Gasteiger partial charge in [-0.1, -0.05) is 0 Å². The third-order valence-corrected chi connectivity index (χ3v) is 5.44. The minimum absolute atomic E-state index is 0.373. The van der Waals surface area contributed by atoms with Crippen LogP contribution in [0.15, 0.2) is 44.7 Å². The van der Waals surface area contributed by atoms with Crippen molar-refractivity contribution in [1.29, 1.82) is 0 Å². The van der Waals surface area contributed by atoms with E-state index in [1.807, 2.05) is 17.6 Å². The van der Waals surface area contributed by atoms with Gasteiger partial charge in [0.1, 0.15) is 12.0 Å². The molecule has 1 unspecified atom stereocenters. The molecule has 30 heavy (non-hydrogen) atoms. The fourth-order valence-electron chi connectivity index (χ4n) is 3.83. The van der Waals surface area contributed by atoms with Crippen LogP contribution in [0.5, 0.6) is 0 Å². The molecule has 0 radical (unpaired) electrons. The SMILES string of the molecule is Cc1cc(C(=O)Cn2c(=O)c(F)cn(C3CCCO3)c2=O)c(C)n1Cc1ccco1. The minimum atomic E-state index is -1.12. The average Bonchev–Trinajstić information content (AvgIpc) is 3.47. The van der Waals surface area contributed by atoms with E-state index in [1.54, 1.807) is 25.3 Å². The Morgan fingerprint density at radius 1 is 1.27 bits per heavy atom. The standard InChI is InChI=1S/C21H22FN3O5/c1-13-9-16(14(2)23(13)10-15-5-3-7-29-15)18(26)12-25-20(27)17(22)11-24(21(25)28)19-6-4-8-30-19/h3,5,7,9,11,19H,4,6,8,10,12H2,1-2H3. The first-order chi connectivity index (χ1) is 14.4. The van der Waals surface area contributed by atoms with E-state index < -0.39 is 35.6 Å². The summed E-state index contributed by atoms with van der Waals surface area (Å²) in [6, 6.07) is 5.31. The Morgan fingerprint density at radius 2 is 2.07 bits per heavy atom. The molecule has 0 N–H and O–H groups in total. The summed E-state index contributed by atoms with van der Waals surface area (Å²) in [5.74, 6) is -0.810. The summed E-state index contributed by atoms with van der Waals surface area (Å²) in [5.41, 5.74) is 0.00438. The van der Waals surface area contributed by atoms with Gasteiger partial charge < -0.3 is 13.7 Å². The minimum Gasteiger partial charge on any atom is -0.467 e. The number of carbonyl (C=O) groups is 1. The van der Waals surface area contributed by atoms with Crippen LogP contribution < -0.4 is 11.2 Å². The molecule has 3 aromatic rings. The predicted molar refractivity (Wildman–Crippen MR) is 105 cm³/mol. The Balaban J connectivity index is 1.66. The zero-order valence-electron chi connectivity index (χ0n) is 16.8. The van der Waals surface area contributed by atoms with E-state index in [1.165, 1.54) is 0 Å². The van der Waals surface area contributed by atoms with Crippen LogP contribution in [0, 0.1) is 19.7 Å². The highest BCUT2D eigenvalue weighted by molar-refractivity contribution is 5.97. The lowest BCUT2D eigenvalue weighted by molar-refractivity contribution is 0.0501. The maximum Gasteiger partial charge on any atom is 0.333 e. The van der Waals surface area contributed by atoms with Crippen LogP contribution in [-0.4, -0.2) is 26.1 Å². The molecule has 0 saturated carbocycles. The van der Waals surface area contributed by atoms with Crippen molar-refractivity contribution in [2.45, 2.75) is 46.0 Å². The summed E-state index contributed by atoms with van der Waals surface area (Å²) < 4.78 is 28.6. The van der Waals surface area contributed by atoms with Crippen molar-refractivity contribution in [3.63, 3.8) is 0 Å². The maximum atomic E-state index is 14.2. The molecule has 3 aromatic heterocycles. The second kappa shape index (κ2) is 7.91. The zero-order valence-corrected chi connectivity index (χ0v) is 16.8. The van der Waals surface area contributed by atoms with Crippen molar-refractivity contribution >= 4 is 5.78 Å². The molecule has 158 valence electrons. The first-order valence-electron chi connectivity index (χ1n) is 9.72. The number of Topliss-reactive ketones (excluding diaryl/α,β-unsaturated/α-hetero) is 1. The number of halogens is 1. The number of aryl methyl sites for hydroxylation is 1. The molecule has 0 amide bonds. The van der Waals surface area contributed by atoms with Crippen molar-refractivity contribution < 1.29 is 18.3 Å². The van der Waals surface area contributed by atoms with Gasteiger partial charge >= 0.3 is 5.69 Å². The summed E-state index contributed by atoms with van der Waals surface area (Å²) in [6.45, 7) is 3.99. The van der Waals surface area contributed by atoms with Gasteiger partial charge in [-0.05, 0) is 44.9 Å². The molecule has 1 saturated heterocycles. The molecule has 0 bridgehead atoms. The van der Waals surface area contributed by atoms with Crippen LogP contribution in [0.4, 0.5) is 4.39 Å². The molecule has 1 aliphatic rings. The van der Waals surface area contributed by atoms with Crippen molar-refractivity contribution in [3.8, 4) is 0 Å². The molecular formula is C21H22FN3O5. The van der Waals surface area contributed by atoms with Gasteiger partial charge in [0.15, 0.2) is 5.78 Å². The molecule has 1 fully saturated rings. The predicted octanol–water partition coefficient (Wildman–Crippen LogP) is 2.40. The Bertz CT molecular complexity index is 1200. The Kier molecular flexibility index (Phi) is 5.29. The van der Waals surface area contributed by atoms with Crippen molar-refractivity contribution in [2.24, 2.45) is 0 Å². The van der Waals surface area contributed by atoms with Gasteiger partial charge in [-0.2, -0.15) is 4.39 Å². The lowest BCUT2D eigenvalue weighted by Gasteiger charge is -2.15. The summed E-state index contributed by atoms with van der Waals surface area (Å²) >= 11 is 0. The van der Waals surface area contributed by atoms with Gasteiger partial charge in [-0.15, -0.1) is 0 Å². The summed E-state index contributed by atoms with van der Waals surface area (Å²) in [5, 5.41) is 0. The number of aromatic nitrogens is 3. The van der Waals surface area contributed by atoms with Crippen LogP contribution in [0.3, 0.4) is 0 Å². The topological polar surface area (TPSA) is 88.4 Å². The number of hydrogen-bond donors (Lipinski definition) is 0. The second-order valence-corrected chi connectivity index (χ2v) is 7.40. The summed E-state index contributed by atoms with van der Waals surface area (Å²) in [6.07, 6.45) is 3.08. The fraction of sp³-hybridized carbons (Fsp3) is 0.381. The van der Waals surface area contributed by atoms with Gasteiger partial charge in [0, 0.05) is 23.6 Å². The molecule has 4 heterocycles. The summed E-state index contributed by atoms with van der Waals surface area (Å²) in [7, 11) is 0. The number of furan rings is 1. The van der Waals surface area contributed by atoms with Crippen LogP contribution in [0.2, 0.25) is 0 Å². The lowest BCUT2D eigenvalue weighted by Crippen LogP contribution is -2.43. The Hall–Kier alpha value is -3.20. The van der Waals surface area contributed by atoms with Gasteiger partial charge in [0.2, 0.25) is 5.82 Å². The zero-order chi connectivity index (χ0) is 21.4. The summed E-state index contributed by atoms with van der Waals surface area (Å²) in [4.78, 5) is 38.0. The molecule has 9 heteroatoms. The monoisotopic (exact) mass is 415 g/mol. The molecule has 1 atom stereocenters. The van der Waals surface area contributed by atoms with E-state index in [4.69, 9.17) is 9.15 Å². The largest absolute Gasteiger partial charge is 0.467 e. The van der Waals surface area contributed by atoms with E-state index >= 15 is 0 Å². The average molecular weight is 415 g/mol. The van der Waals surface area contributed by atoms with Crippen LogP contribution in [0.1, 0.15) is 46.6 Å². The third-order valence-electron chi connectivity index (χ3n) is 5.44. The molecular weight excluding hydrogens is 393 g/mol. The molecule has 8 nitrogen and oxygen atoms in total. The van der Waals surface area contributed by atoms with Gasteiger partial charge in [0.05, 0.1) is 25.5 Å². The number of ether oxygens (including phenoxy) is 1. The van der Waals surface area contributed by atoms with Crippen LogP contribution in [0.25, 0.3) is 0 Å². The van der Waals surface area contributed by atoms with Crippen LogP contribution >= 0.6 is 0 Å². The number of hydrogen-bond acceptors (Lipinski definition) is 5. The second-order valence-electron chi connectivity index (χ2n) is 7.40. The van der Waals surface area contributed by atoms with E-state index in [0.717, 1.165) is 28.6 Å². The highest BCUT2D eigenvalue weighted by atomic mass is 19.1. The molecule has 4 rings (SSSR count). The number of carbonyl (C=O) groups excluding carboxylic acids is 1. The van der Waals surface area contributed by atoms with Gasteiger partial charge in [-0.3, -0.25) is 14.2 Å². The van der Waals surface area contributed by atoms with E-state index in [2.05, 4.69) is 0 Å². The smallest absolute Gasteiger partial charge is 0.333 e. The van der Waals surface area contributed by atoms with Gasteiger partial charge in [-0.25, -0.2) is 9.36 Å². The Labute approximate surface area is 171 Å². The van der Waals surface area contributed by atoms with E-state index in [9.17, 15) is 18.8 Å². The molecule has 0 aliphatic carbocycles. The molecule has 0 spiro atoms. The number of rotatable bonds is 6. The van der Waals surface area contributed by atoms with E-state index in [0.29, 0.717) is 35.4 Å². The van der Waals surface area contributed by atoms with Gasteiger partial charge in [0.25, 0.3) is 5.56 Å². The van der Waals surface area contributed by atoms with Crippen molar-refractivity contribution in [3.05, 3.63) is 80.0 Å². The normalized spacial score (nSPS) is 16.3. The lowest BCUT2D eigenvalue weighted by atomic mass is 10.1.